The number of hydrogen-bond acceptors (Lipinski definition) is 1. The summed E-state index contributed by atoms with van der Waals surface area (Å²) in [5.74, 6) is 0. The van der Waals surface area contributed by atoms with Crippen LogP contribution in [-0.2, 0) is 0 Å². The maximum atomic E-state index is 4.72. The van der Waals surface area contributed by atoms with Crippen LogP contribution in [0.25, 0.3) is 22.2 Å². The number of fused-ring (bicyclic) bond motifs is 1. The number of halogens is 2. The number of benzene rings is 2. The molecule has 2 aromatic carbocycles. The number of para-hydroxylation sites is 1. The molecule has 1 heterocycles. The summed E-state index contributed by atoms with van der Waals surface area (Å²) < 4.78 is 1.09. The molecule has 0 fully saturated rings. The largest absolute Gasteiger partial charge is 0.248 e. The van der Waals surface area contributed by atoms with E-state index in [0.29, 0.717) is 0 Å². The highest BCUT2D eigenvalue weighted by molar-refractivity contribution is 9.10. The van der Waals surface area contributed by atoms with E-state index >= 15 is 0 Å². The first-order chi connectivity index (χ1) is 8.74. The quantitative estimate of drug-likeness (QED) is 0.581. The van der Waals surface area contributed by atoms with Gasteiger partial charge in [-0.3, -0.25) is 0 Å². The number of nitrogens with zero attached hydrogens (tertiary/aromatic N) is 1. The summed E-state index contributed by atoms with van der Waals surface area (Å²) in [6, 6.07) is 18.7. The molecule has 0 unspecified atom stereocenters. The standard InChI is InChI=1S/C16H12BrN.ClH/c1-11-10-16(12-6-8-13(17)9-7-12)18-15-5-3-2-4-14(11)15;/h2-10H,1H3;1H. The van der Waals surface area contributed by atoms with Crippen molar-refractivity contribution >= 4 is 39.2 Å². The van der Waals surface area contributed by atoms with E-state index in [9.17, 15) is 0 Å². The Balaban J connectivity index is 0.00000133. The first kappa shape index (κ1) is 14.0. The second kappa shape index (κ2) is 5.72. The number of aromatic nitrogens is 1. The third-order valence-corrected chi connectivity index (χ3v) is 3.59. The summed E-state index contributed by atoms with van der Waals surface area (Å²) in [6.45, 7) is 2.13. The second-order valence-corrected chi connectivity index (χ2v) is 5.26. The van der Waals surface area contributed by atoms with E-state index in [1.165, 1.54) is 10.9 Å². The predicted molar refractivity (Wildman–Crippen MR) is 86.9 cm³/mol. The van der Waals surface area contributed by atoms with Gasteiger partial charge in [-0.1, -0.05) is 46.3 Å². The van der Waals surface area contributed by atoms with Crippen molar-refractivity contribution in [2.45, 2.75) is 6.92 Å². The Morgan fingerprint density at radius 2 is 1.63 bits per heavy atom. The predicted octanol–water partition coefficient (Wildman–Crippen LogP) is 5.39. The molecule has 0 aliphatic carbocycles. The minimum absolute atomic E-state index is 0. The van der Waals surface area contributed by atoms with Crippen molar-refractivity contribution in [3.8, 4) is 11.3 Å². The summed E-state index contributed by atoms with van der Waals surface area (Å²) in [5, 5.41) is 1.22. The first-order valence-electron chi connectivity index (χ1n) is 5.86. The Bertz CT molecular complexity index is 708. The molecule has 0 amide bonds. The van der Waals surface area contributed by atoms with E-state index < -0.39 is 0 Å². The molecule has 96 valence electrons. The summed E-state index contributed by atoms with van der Waals surface area (Å²) in [5.41, 5.74) is 4.49. The van der Waals surface area contributed by atoms with E-state index in [1.807, 2.05) is 18.2 Å². The van der Waals surface area contributed by atoms with Gasteiger partial charge in [0.2, 0.25) is 0 Å². The van der Waals surface area contributed by atoms with Crippen molar-refractivity contribution in [3.05, 3.63) is 64.6 Å². The van der Waals surface area contributed by atoms with Gasteiger partial charge in [0.1, 0.15) is 0 Å². The van der Waals surface area contributed by atoms with Crippen molar-refractivity contribution in [2.75, 3.05) is 0 Å². The fourth-order valence-electron chi connectivity index (χ4n) is 2.12. The lowest BCUT2D eigenvalue weighted by molar-refractivity contribution is 1.36. The number of rotatable bonds is 1. The maximum Gasteiger partial charge on any atom is 0.0712 e. The first-order valence-corrected chi connectivity index (χ1v) is 6.66. The van der Waals surface area contributed by atoms with Crippen LogP contribution in [0.1, 0.15) is 5.56 Å². The van der Waals surface area contributed by atoms with Gasteiger partial charge in [-0.25, -0.2) is 4.98 Å². The molecule has 0 bridgehead atoms. The van der Waals surface area contributed by atoms with Crippen LogP contribution in [0.4, 0.5) is 0 Å². The molecule has 19 heavy (non-hydrogen) atoms. The Morgan fingerprint density at radius 3 is 2.37 bits per heavy atom. The zero-order chi connectivity index (χ0) is 12.5. The van der Waals surface area contributed by atoms with E-state index in [-0.39, 0.29) is 12.4 Å². The average molecular weight is 335 g/mol. The molecule has 1 aromatic heterocycles. The molecule has 3 heteroatoms. The Kier molecular flexibility index (Phi) is 4.23. The topological polar surface area (TPSA) is 12.9 Å². The molecule has 0 N–H and O–H groups in total. The number of pyridine rings is 1. The highest BCUT2D eigenvalue weighted by atomic mass is 79.9. The minimum Gasteiger partial charge on any atom is -0.248 e. The molecule has 0 atom stereocenters. The zero-order valence-electron chi connectivity index (χ0n) is 10.4. The van der Waals surface area contributed by atoms with E-state index in [4.69, 9.17) is 4.98 Å². The van der Waals surface area contributed by atoms with Crippen molar-refractivity contribution in [1.82, 2.24) is 4.98 Å². The van der Waals surface area contributed by atoms with Crippen LogP contribution in [0.2, 0.25) is 0 Å². The Labute approximate surface area is 127 Å². The van der Waals surface area contributed by atoms with Crippen molar-refractivity contribution in [2.24, 2.45) is 0 Å². The van der Waals surface area contributed by atoms with Crippen molar-refractivity contribution in [1.29, 1.82) is 0 Å². The molecule has 0 saturated heterocycles. The number of aryl methyl sites for hydroxylation is 1. The molecule has 0 aliphatic heterocycles. The summed E-state index contributed by atoms with van der Waals surface area (Å²) in [7, 11) is 0. The van der Waals surface area contributed by atoms with Gasteiger partial charge < -0.3 is 0 Å². The normalized spacial score (nSPS) is 10.2. The molecular formula is C16H13BrClN. The van der Waals surface area contributed by atoms with Crippen LogP contribution in [0.15, 0.2) is 59.1 Å². The fourth-order valence-corrected chi connectivity index (χ4v) is 2.38. The van der Waals surface area contributed by atoms with E-state index in [0.717, 1.165) is 21.2 Å². The van der Waals surface area contributed by atoms with Gasteiger partial charge >= 0.3 is 0 Å². The molecule has 1 nitrogen and oxygen atoms in total. The third kappa shape index (κ3) is 2.80. The van der Waals surface area contributed by atoms with Gasteiger partial charge in [0, 0.05) is 15.4 Å². The van der Waals surface area contributed by atoms with Gasteiger partial charge in [-0.2, -0.15) is 0 Å². The van der Waals surface area contributed by atoms with Crippen molar-refractivity contribution < 1.29 is 0 Å². The lowest BCUT2D eigenvalue weighted by Crippen LogP contribution is -1.88. The lowest BCUT2D eigenvalue weighted by atomic mass is 10.1. The van der Waals surface area contributed by atoms with Gasteiger partial charge in [-0.05, 0) is 36.8 Å². The Morgan fingerprint density at radius 1 is 0.947 bits per heavy atom. The molecule has 3 aromatic rings. The van der Waals surface area contributed by atoms with E-state index in [1.54, 1.807) is 0 Å². The summed E-state index contributed by atoms with van der Waals surface area (Å²) in [6.07, 6.45) is 0. The van der Waals surface area contributed by atoms with Crippen LogP contribution in [0.5, 0.6) is 0 Å². The van der Waals surface area contributed by atoms with Gasteiger partial charge in [0.25, 0.3) is 0 Å². The summed E-state index contributed by atoms with van der Waals surface area (Å²) in [4.78, 5) is 4.72. The summed E-state index contributed by atoms with van der Waals surface area (Å²) >= 11 is 3.45. The van der Waals surface area contributed by atoms with Gasteiger partial charge in [0.15, 0.2) is 0 Å². The monoisotopic (exact) mass is 333 g/mol. The van der Waals surface area contributed by atoms with Gasteiger partial charge in [0.05, 0.1) is 11.2 Å². The zero-order valence-corrected chi connectivity index (χ0v) is 12.8. The fraction of sp³-hybridized carbons (Fsp3) is 0.0625. The maximum absolute atomic E-state index is 4.72. The van der Waals surface area contributed by atoms with Crippen LogP contribution >= 0.6 is 28.3 Å². The molecular weight excluding hydrogens is 322 g/mol. The second-order valence-electron chi connectivity index (χ2n) is 4.35. The Hall–Kier alpha value is -1.38. The van der Waals surface area contributed by atoms with Gasteiger partial charge in [-0.15, -0.1) is 12.4 Å². The molecule has 0 saturated carbocycles. The molecule has 3 rings (SSSR count). The highest BCUT2D eigenvalue weighted by Gasteiger charge is 2.04. The smallest absolute Gasteiger partial charge is 0.0712 e. The average Bonchev–Trinajstić information content (AvgIpc) is 2.39. The van der Waals surface area contributed by atoms with Crippen molar-refractivity contribution in [3.63, 3.8) is 0 Å². The third-order valence-electron chi connectivity index (χ3n) is 3.06. The molecule has 0 spiro atoms. The van der Waals surface area contributed by atoms with Crippen LogP contribution in [0.3, 0.4) is 0 Å². The van der Waals surface area contributed by atoms with Crippen LogP contribution in [-0.4, -0.2) is 4.98 Å². The lowest BCUT2D eigenvalue weighted by Gasteiger charge is -2.06. The van der Waals surface area contributed by atoms with E-state index in [2.05, 4.69) is 59.3 Å². The molecule has 0 radical (unpaired) electrons. The highest BCUT2D eigenvalue weighted by Crippen LogP contribution is 2.25. The molecule has 0 aliphatic rings. The minimum atomic E-state index is 0. The SMILES string of the molecule is Cc1cc(-c2ccc(Br)cc2)nc2ccccc12.Cl. The van der Waals surface area contributed by atoms with Crippen LogP contribution < -0.4 is 0 Å². The van der Waals surface area contributed by atoms with Crippen LogP contribution in [0, 0.1) is 6.92 Å². The number of hydrogen-bond donors (Lipinski definition) is 0.